The molecule has 0 aliphatic heterocycles. The number of carbonyl (C=O) groups excluding carboxylic acids is 2. The number of amides is 2. The number of halogens is 3. The molecule has 11 heteroatoms. The summed E-state index contributed by atoms with van der Waals surface area (Å²) < 4.78 is 29.3. The Bertz CT molecular complexity index is 1770. The summed E-state index contributed by atoms with van der Waals surface area (Å²) in [5.41, 5.74) is 2.49. The van der Waals surface area contributed by atoms with Gasteiger partial charge >= 0.3 is 0 Å². The van der Waals surface area contributed by atoms with Gasteiger partial charge in [-0.1, -0.05) is 90.3 Å². The van der Waals surface area contributed by atoms with Gasteiger partial charge in [0.25, 0.3) is 10.0 Å². The summed E-state index contributed by atoms with van der Waals surface area (Å²) in [6.45, 7) is 5.03. The standard InChI is InChI=1S/C35H36Cl3N3O4S/c1-4-25(3)39-35(43)33(20-26-10-6-5-7-11-26)40(22-27-13-14-29(37)21-32(27)38)34(42)23-41(30-12-8-9-24(2)19-30)46(44,45)31-17-15-28(36)16-18-31/h5-19,21,25,33H,4,20,22-23H2,1-3H3,(H,39,43)/t25-,33+/m0/s1. The van der Waals surface area contributed by atoms with Crippen LogP contribution in [0.15, 0.2) is 102 Å². The number of sulfonamides is 1. The molecule has 0 aliphatic carbocycles. The second-order valence-electron chi connectivity index (χ2n) is 11.1. The van der Waals surface area contributed by atoms with E-state index in [4.69, 9.17) is 34.8 Å². The minimum Gasteiger partial charge on any atom is -0.352 e. The molecule has 4 aromatic rings. The number of aryl methyl sites for hydroxylation is 1. The van der Waals surface area contributed by atoms with Crippen molar-refractivity contribution in [3.05, 3.63) is 129 Å². The quantitative estimate of drug-likeness (QED) is 0.155. The molecule has 1 N–H and O–H groups in total. The minimum absolute atomic E-state index is 0.0335. The van der Waals surface area contributed by atoms with Crippen LogP contribution in [0.2, 0.25) is 15.1 Å². The van der Waals surface area contributed by atoms with Crippen LogP contribution in [0.1, 0.15) is 37.0 Å². The van der Waals surface area contributed by atoms with Gasteiger partial charge in [-0.2, -0.15) is 0 Å². The molecule has 0 saturated carbocycles. The van der Waals surface area contributed by atoms with Crippen LogP contribution in [0.3, 0.4) is 0 Å². The number of hydrogen-bond donors (Lipinski definition) is 1. The lowest BCUT2D eigenvalue weighted by molar-refractivity contribution is -0.140. The van der Waals surface area contributed by atoms with Crippen molar-refractivity contribution < 1.29 is 18.0 Å². The highest BCUT2D eigenvalue weighted by Gasteiger charge is 2.35. The molecule has 0 spiro atoms. The first-order chi connectivity index (χ1) is 21.9. The second-order valence-corrected chi connectivity index (χ2v) is 14.2. The normalized spacial score (nSPS) is 12.7. The average Bonchev–Trinajstić information content (AvgIpc) is 3.02. The first-order valence-electron chi connectivity index (χ1n) is 14.8. The van der Waals surface area contributed by atoms with Crippen molar-refractivity contribution in [3.63, 3.8) is 0 Å². The lowest BCUT2D eigenvalue weighted by atomic mass is 10.0. The van der Waals surface area contributed by atoms with Gasteiger partial charge in [0.15, 0.2) is 0 Å². The monoisotopic (exact) mass is 699 g/mol. The third kappa shape index (κ3) is 9.04. The molecule has 46 heavy (non-hydrogen) atoms. The van der Waals surface area contributed by atoms with E-state index in [9.17, 15) is 18.0 Å². The molecule has 0 unspecified atom stereocenters. The zero-order valence-corrected chi connectivity index (χ0v) is 28.9. The lowest BCUT2D eigenvalue weighted by Gasteiger charge is -2.34. The van der Waals surface area contributed by atoms with E-state index in [-0.39, 0.29) is 29.8 Å². The number of carbonyl (C=O) groups is 2. The summed E-state index contributed by atoms with van der Waals surface area (Å²) in [7, 11) is -4.25. The summed E-state index contributed by atoms with van der Waals surface area (Å²) in [4.78, 5) is 29.9. The molecule has 7 nitrogen and oxygen atoms in total. The molecule has 0 saturated heterocycles. The highest BCUT2D eigenvalue weighted by molar-refractivity contribution is 7.92. The van der Waals surface area contributed by atoms with Crippen LogP contribution in [0, 0.1) is 6.92 Å². The van der Waals surface area contributed by atoms with Crippen LogP contribution in [0.25, 0.3) is 0 Å². The van der Waals surface area contributed by atoms with E-state index in [1.807, 2.05) is 57.2 Å². The van der Waals surface area contributed by atoms with E-state index in [0.29, 0.717) is 32.7 Å². The third-order valence-electron chi connectivity index (χ3n) is 7.60. The van der Waals surface area contributed by atoms with Crippen molar-refractivity contribution in [3.8, 4) is 0 Å². The Labute approximate surface area is 286 Å². The summed E-state index contributed by atoms with van der Waals surface area (Å²) in [5.74, 6) is -0.954. The van der Waals surface area contributed by atoms with Crippen LogP contribution < -0.4 is 9.62 Å². The second kappa shape index (κ2) is 15.8. The van der Waals surface area contributed by atoms with Crippen molar-refractivity contribution in [2.24, 2.45) is 0 Å². The maximum absolute atomic E-state index is 14.6. The van der Waals surface area contributed by atoms with Crippen LogP contribution in [0.4, 0.5) is 5.69 Å². The van der Waals surface area contributed by atoms with E-state index >= 15 is 0 Å². The van der Waals surface area contributed by atoms with E-state index in [1.54, 1.807) is 36.4 Å². The van der Waals surface area contributed by atoms with Gasteiger partial charge in [-0.3, -0.25) is 13.9 Å². The fraction of sp³-hybridized carbons (Fsp3) is 0.257. The van der Waals surface area contributed by atoms with E-state index in [2.05, 4.69) is 5.32 Å². The highest BCUT2D eigenvalue weighted by Crippen LogP contribution is 2.28. The maximum Gasteiger partial charge on any atom is 0.264 e. The van der Waals surface area contributed by atoms with Gasteiger partial charge in [0.05, 0.1) is 10.6 Å². The third-order valence-corrected chi connectivity index (χ3v) is 10.2. The SMILES string of the molecule is CC[C@H](C)NC(=O)[C@@H](Cc1ccccc1)N(Cc1ccc(Cl)cc1Cl)C(=O)CN(c1cccc(C)c1)S(=O)(=O)c1ccc(Cl)cc1. The van der Waals surface area contributed by atoms with Gasteiger partial charge in [-0.15, -0.1) is 0 Å². The van der Waals surface area contributed by atoms with Gasteiger partial charge in [0.2, 0.25) is 11.8 Å². The Morgan fingerprint density at radius 3 is 2.15 bits per heavy atom. The number of rotatable bonds is 13. The Morgan fingerprint density at radius 1 is 0.848 bits per heavy atom. The smallest absolute Gasteiger partial charge is 0.264 e. The van der Waals surface area contributed by atoms with Gasteiger partial charge in [-0.05, 0) is 85.5 Å². The van der Waals surface area contributed by atoms with Gasteiger partial charge in [0, 0.05) is 34.1 Å². The van der Waals surface area contributed by atoms with Crippen molar-refractivity contribution in [2.75, 3.05) is 10.8 Å². The summed E-state index contributed by atoms with van der Waals surface area (Å²) in [6, 6.07) is 25.8. The van der Waals surface area contributed by atoms with Crippen molar-refractivity contribution >= 4 is 62.3 Å². The van der Waals surface area contributed by atoms with Crippen LogP contribution >= 0.6 is 34.8 Å². The summed E-state index contributed by atoms with van der Waals surface area (Å²) in [6.07, 6.45) is 0.871. The molecule has 2 amide bonds. The van der Waals surface area contributed by atoms with E-state index in [1.165, 1.54) is 29.2 Å². The van der Waals surface area contributed by atoms with Crippen LogP contribution in [-0.4, -0.2) is 43.8 Å². The number of hydrogen-bond acceptors (Lipinski definition) is 4. The highest BCUT2D eigenvalue weighted by atomic mass is 35.5. The topological polar surface area (TPSA) is 86.8 Å². The first kappa shape index (κ1) is 35.3. The van der Waals surface area contributed by atoms with Crippen LogP contribution in [0.5, 0.6) is 0 Å². The Balaban J connectivity index is 1.83. The minimum atomic E-state index is -4.25. The molecule has 4 aromatic carbocycles. The Morgan fingerprint density at radius 2 is 1.52 bits per heavy atom. The number of benzene rings is 4. The molecule has 4 rings (SSSR count). The lowest BCUT2D eigenvalue weighted by Crippen LogP contribution is -2.54. The molecule has 0 heterocycles. The number of anilines is 1. The predicted molar refractivity (Wildman–Crippen MR) is 186 cm³/mol. The fourth-order valence-electron chi connectivity index (χ4n) is 4.87. The van der Waals surface area contributed by atoms with Crippen LogP contribution in [-0.2, 0) is 32.6 Å². The Kier molecular flexibility index (Phi) is 12.1. The molecule has 0 radical (unpaired) electrons. The predicted octanol–water partition coefficient (Wildman–Crippen LogP) is 7.71. The maximum atomic E-state index is 14.6. The fourth-order valence-corrected chi connectivity index (χ4v) is 6.87. The molecule has 242 valence electrons. The number of nitrogens with one attached hydrogen (secondary N) is 1. The van der Waals surface area contributed by atoms with Gasteiger partial charge < -0.3 is 10.2 Å². The summed E-state index contributed by atoms with van der Waals surface area (Å²) in [5, 5.41) is 4.13. The van der Waals surface area contributed by atoms with Crippen molar-refractivity contribution in [2.45, 2.75) is 57.1 Å². The Hall–Kier alpha value is -3.56. The van der Waals surface area contributed by atoms with E-state index in [0.717, 1.165) is 15.4 Å². The zero-order valence-electron chi connectivity index (χ0n) is 25.8. The molecular formula is C35H36Cl3N3O4S. The first-order valence-corrected chi connectivity index (χ1v) is 17.4. The molecule has 0 bridgehead atoms. The van der Waals surface area contributed by atoms with Crippen molar-refractivity contribution in [1.29, 1.82) is 0 Å². The molecule has 0 fully saturated rings. The van der Waals surface area contributed by atoms with Gasteiger partial charge in [0.1, 0.15) is 12.6 Å². The van der Waals surface area contributed by atoms with Crippen molar-refractivity contribution in [1.82, 2.24) is 10.2 Å². The molecule has 0 aliphatic rings. The molecule has 0 aromatic heterocycles. The van der Waals surface area contributed by atoms with E-state index < -0.39 is 28.5 Å². The molecule has 2 atom stereocenters. The van der Waals surface area contributed by atoms with Gasteiger partial charge in [-0.25, -0.2) is 8.42 Å². The zero-order chi connectivity index (χ0) is 33.4. The largest absolute Gasteiger partial charge is 0.352 e. The summed E-state index contributed by atoms with van der Waals surface area (Å²) >= 11 is 18.8. The number of nitrogens with zero attached hydrogens (tertiary/aromatic N) is 2. The average molecular weight is 701 g/mol. The molecular weight excluding hydrogens is 665 g/mol.